The lowest BCUT2D eigenvalue weighted by atomic mass is 9.92. The van der Waals surface area contributed by atoms with E-state index >= 15 is 0 Å². The van der Waals surface area contributed by atoms with Crippen LogP contribution in [0.2, 0.25) is 0 Å². The Labute approximate surface area is 237 Å². The predicted molar refractivity (Wildman–Crippen MR) is 163 cm³/mol. The van der Waals surface area contributed by atoms with Gasteiger partial charge in [0.25, 0.3) is 0 Å². The van der Waals surface area contributed by atoms with Crippen molar-refractivity contribution in [1.82, 2.24) is 14.7 Å². The van der Waals surface area contributed by atoms with E-state index in [1.54, 1.807) is 0 Å². The second-order valence-corrected chi connectivity index (χ2v) is 11.7. The van der Waals surface area contributed by atoms with Crippen molar-refractivity contribution in [1.29, 1.82) is 0 Å². The predicted octanol–water partition coefficient (Wildman–Crippen LogP) is 6.10. The van der Waals surface area contributed by atoms with Crippen molar-refractivity contribution in [3.05, 3.63) is 90.4 Å². The standard InChI is InChI=1S/C33H39N5O2/c1-25-9-11-26(12-10-25)38-32(23-31(34-38)33(2,3)4)37-16-15-36(24-37)29-13-14-30(28-8-6-5-7-27(28)29)40-22-19-35-17-20-39-21-18-35/h5-16,23H,17-22,24H2,1-4H3. The highest BCUT2D eigenvalue weighted by Gasteiger charge is 2.26. The first-order valence-electron chi connectivity index (χ1n) is 14.2. The van der Waals surface area contributed by atoms with Crippen LogP contribution in [0.5, 0.6) is 5.75 Å². The summed E-state index contributed by atoms with van der Waals surface area (Å²) in [6.07, 6.45) is 4.31. The van der Waals surface area contributed by atoms with Crippen molar-refractivity contribution < 1.29 is 9.47 Å². The van der Waals surface area contributed by atoms with Gasteiger partial charge in [-0.3, -0.25) is 4.90 Å². The molecule has 1 aromatic heterocycles. The fourth-order valence-electron chi connectivity index (χ4n) is 5.28. The van der Waals surface area contributed by atoms with Crippen LogP contribution in [0, 0.1) is 6.92 Å². The number of hydrogen-bond donors (Lipinski definition) is 0. The molecule has 1 fully saturated rings. The minimum atomic E-state index is -0.0539. The second kappa shape index (κ2) is 11.0. The van der Waals surface area contributed by atoms with Gasteiger partial charge >= 0.3 is 0 Å². The van der Waals surface area contributed by atoms with Crippen molar-refractivity contribution in [3.63, 3.8) is 0 Å². The highest BCUT2D eigenvalue weighted by molar-refractivity contribution is 5.99. The lowest BCUT2D eigenvalue weighted by Gasteiger charge is -2.26. The largest absolute Gasteiger partial charge is 0.492 e. The number of nitrogens with zero attached hydrogens (tertiary/aromatic N) is 5. The third-order valence-corrected chi connectivity index (χ3v) is 7.70. The molecule has 0 bridgehead atoms. The average Bonchev–Trinajstić information content (AvgIpc) is 3.62. The number of aryl methyl sites for hydroxylation is 1. The maximum Gasteiger partial charge on any atom is 0.138 e. The Hall–Kier alpha value is -3.81. The Morgan fingerprint density at radius 3 is 2.35 bits per heavy atom. The Bertz CT molecular complexity index is 1500. The van der Waals surface area contributed by atoms with Crippen LogP contribution in [0.15, 0.2) is 79.1 Å². The van der Waals surface area contributed by atoms with Crippen molar-refractivity contribution in [2.75, 3.05) is 55.9 Å². The quantitative estimate of drug-likeness (QED) is 0.284. The zero-order valence-electron chi connectivity index (χ0n) is 24.0. The molecule has 40 heavy (non-hydrogen) atoms. The number of morpholine rings is 1. The van der Waals surface area contributed by atoms with Crippen molar-refractivity contribution in [3.8, 4) is 11.4 Å². The number of benzene rings is 3. The fourth-order valence-corrected chi connectivity index (χ4v) is 5.28. The Morgan fingerprint density at radius 2 is 1.60 bits per heavy atom. The minimum Gasteiger partial charge on any atom is -0.492 e. The molecule has 0 saturated carbocycles. The van der Waals surface area contributed by atoms with E-state index < -0.39 is 0 Å². The summed E-state index contributed by atoms with van der Waals surface area (Å²) in [5.74, 6) is 1.99. The topological polar surface area (TPSA) is 46.0 Å². The van der Waals surface area contributed by atoms with Crippen molar-refractivity contribution in [2.45, 2.75) is 33.1 Å². The summed E-state index contributed by atoms with van der Waals surface area (Å²) in [7, 11) is 0. The normalized spacial score (nSPS) is 16.3. The van der Waals surface area contributed by atoms with Crippen molar-refractivity contribution >= 4 is 22.3 Å². The minimum absolute atomic E-state index is 0.0539. The molecule has 3 heterocycles. The molecule has 6 rings (SSSR count). The van der Waals surface area contributed by atoms with Crippen LogP contribution in [-0.2, 0) is 10.2 Å². The van der Waals surface area contributed by atoms with Crippen molar-refractivity contribution in [2.24, 2.45) is 0 Å². The molecular formula is C33H39N5O2. The summed E-state index contributed by atoms with van der Waals surface area (Å²) in [6, 6.07) is 23.6. The van der Waals surface area contributed by atoms with Crippen LogP contribution in [0.3, 0.4) is 0 Å². The molecule has 2 aliphatic heterocycles. The molecule has 0 spiro atoms. The first kappa shape index (κ1) is 26.4. The zero-order valence-corrected chi connectivity index (χ0v) is 24.0. The molecule has 7 nitrogen and oxygen atoms in total. The van der Waals surface area contributed by atoms with E-state index in [9.17, 15) is 0 Å². The summed E-state index contributed by atoms with van der Waals surface area (Å²) in [5, 5.41) is 7.36. The molecule has 0 N–H and O–H groups in total. The lowest BCUT2D eigenvalue weighted by molar-refractivity contribution is 0.0323. The number of ether oxygens (including phenoxy) is 2. The molecule has 0 atom stereocenters. The maximum atomic E-state index is 6.30. The van der Waals surface area contributed by atoms with E-state index in [1.807, 2.05) is 0 Å². The van der Waals surface area contributed by atoms with Crippen LogP contribution in [0.1, 0.15) is 32.0 Å². The smallest absolute Gasteiger partial charge is 0.138 e. The average molecular weight is 538 g/mol. The lowest BCUT2D eigenvalue weighted by Crippen LogP contribution is -2.38. The molecular weight excluding hydrogens is 498 g/mol. The molecule has 0 amide bonds. The van der Waals surface area contributed by atoms with E-state index in [0.717, 1.165) is 66.9 Å². The Balaban J connectivity index is 1.24. The van der Waals surface area contributed by atoms with Gasteiger partial charge in [0, 0.05) is 54.3 Å². The van der Waals surface area contributed by atoms with E-state index in [1.165, 1.54) is 10.9 Å². The number of hydrogen-bond acceptors (Lipinski definition) is 6. The van der Waals surface area contributed by atoms with Crippen LogP contribution in [0.25, 0.3) is 16.5 Å². The van der Waals surface area contributed by atoms with Gasteiger partial charge in [-0.1, -0.05) is 62.7 Å². The molecule has 4 aromatic rings. The SMILES string of the molecule is Cc1ccc(-n2nc(C(C)(C)C)cc2N2C=CN(c3ccc(OCCN4CCOCC4)c4ccccc34)C2)cc1. The molecule has 208 valence electrons. The van der Waals surface area contributed by atoms with Gasteiger partial charge in [-0.2, -0.15) is 5.10 Å². The summed E-state index contributed by atoms with van der Waals surface area (Å²) >= 11 is 0. The number of fused-ring (bicyclic) bond motifs is 1. The molecule has 1 saturated heterocycles. The van der Waals surface area contributed by atoms with Gasteiger partial charge in [0.2, 0.25) is 0 Å². The molecule has 7 heteroatoms. The Kier molecular flexibility index (Phi) is 7.26. The highest BCUT2D eigenvalue weighted by atomic mass is 16.5. The summed E-state index contributed by atoms with van der Waals surface area (Å²) < 4.78 is 13.8. The second-order valence-electron chi connectivity index (χ2n) is 11.7. The molecule has 3 aromatic carbocycles. The van der Waals surface area contributed by atoms with Crippen LogP contribution in [0.4, 0.5) is 11.5 Å². The summed E-state index contributed by atoms with van der Waals surface area (Å²) in [5.41, 5.74) is 4.47. The van der Waals surface area contributed by atoms with E-state index in [4.69, 9.17) is 14.6 Å². The molecule has 0 unspecified atom stereocenters. The molecule has 2 aliphatic rings. The first-order valence-corrected chi connectivity index (χ1v) is 14.2. The molecule has 0 radical (unpaired) electrons. The summed E-state index contributed by atoms with van der Waals surface area (Å²) in [4.78, 5) is 6.96. The van der Waals surface area contributed by atoms with Gasteiger partial charge in [0.15, 0.2) is 0 Å². The number of rotatable bonds is 7. The van der Waals surface area contributed by atoms with Gasteiger partial charge in [0.05, 0.1) is 30.3 Å². The van der Waals surface area contributed by atoms with Gasteiger partial charge < -0.3 is 19.3 Å². The van der Waals surface area contributed by atoms with Crippen LogP contribution in [-0.4, -0.2) is 60.8 Å². The first-order chi connectivity index (χ1) is 19.4. The van der Waals surface area contributed by atoms with Gasteiger partial charge in [-0.25, -0.2) is 4.68 Å². The number of anilines is 2. The van der Waals surface area contributed by atoms with Gasteiger partial charge in [0.1, 0.15) is 24.8 Å². The zero-order chi connectivity index (χ0) is 27.7. The van der Waals surface area contributed by atoms with E-state index in [0.29, 0.717) is 13.3 Å². The van der Waals surface area contributed by atoms with Crippen LogP contribution >= 0.6 is 0 Å². The van der Waals surface area contributed by atoms with E-state index in [-0.39, 0.29) is 5.41 Å². The monoisotopic (exact) mass is 537 g/mol. The van der Waals surface area contributed by atoms with Gasteiger partial charge in [-0.15, -0.1) is 0 Å². The highest BCUT2D eigenvalue weighted by Crippen LogP contribution is 2.37. The van der Waals surface area contributed by atoms with Gasteiger partial charge in [-0.05, 0) is 31.2 Å². The fraction of sp³-hybridized carbons (Fsp3) is 0.364. The Morgan fingerprint density at radius 1 is 0.875 bits per heavy atom. The molecule has 0 aliphatic carbocycles. The maximum absolute atomic E-state index is 6.30. The third kappa shape index (κ3) is 5.44. The van der Waals surface area contributed by atoms with Crippen LogP contribution < -0.4 is 14.5 Å². The third-order valence-electron chi connectivity index (χ3n) is 7.70. The summed E-state index contributed by atoms with van der Waals surface area (Å²) in [6.45, 7) is 14.6. The number of aromatic nitrogens is 2. The van der Waals surface area contributed by atoms with E-state index in [2.05, 4.69) is 126 Å².